The molecule has 6 atom stereocenters. The van der Waals surface area contributed by atoms with Gasteiger partial charge < -0.3 is 10.2 Å². The second kappa shape index (κ2) is 9.86. The third-order valence-electron chi connectivity index (χ3n) is 7.71. The Kier molecular flexibility index (Phi) is 7.83. The molecule has 2 heterocycles. The standard InChI is InChI=1S/C25H44N4O2/c1-17(2)24-26-27(7)21(6)28(24)19(4)16-23-15-18(3)20(5)29(23)25(30,31)14-13-22-11-9-8-10-12-22/h8-12,17-21,23-24,26,30-31H,13-16H2,1-7H3. The van der Waals surface area contributed by atoms with Crippen LogP contribution in [0.2, 0.25) is 0 Å². The zero-order valence-corrected chi connectivity index (χ0v) is 20.5. The van der Waals surface area contributed by atoms with Crippen LogP contribution in [0.25, 0.3) is 0 Å². The maximum Gasteiger partial charge on any atom is 0.225 e. The highest BCUT2D eigenvalue weighted by molar-refractivity contribution is 5.15. The quantitative estimate of drug-likeness (QED) is 0.549. The molecule has 2 aliphatic heterocycles. The van der Waals surface area contributed by atoms with Gasteiger partial charge in [-0.05, 0) is 57.4 Å². The largest absolute Gasteiger partial charge is 0.353 e. The number of aliphatic hydroxyl groups is 2. The lowest BCUT2D eigenvalue weighted by molar-refractivity contribution is -0.282. The van der Waals surface area contributed by atoms with Crippen LogP contribution in [0.4, 0.5) is 0 Å². The molecule has 2 saturated heterocycles. The van der Waals surface area contributed by atoms with E-state index in [-0.39, 0.29) is 12.1 Å². The van der Waals surface area contributed by atoms with Gasteiger partial charge in [-0.25, -0.2) is 15.3 Å². The summed E-state index contributed by atoms with van der Waals surface area (Å²) in [6.45, 7) is 13.4. The van der Waals surface area contributed by atoms with Gasteiger partial charge in [0.15, 0.2) is 0 Å². The van der Waals surface area contributed by atoms with Gasteiger partial charge in [-0.3, -0.25) is 4.90 Å². The fourth-order valence-corrected chi connectivity index (χ4v) is 5.73. The van der Waals surface area contributed by atoms with Gasteiger partial charge in [-0.2, -0.15) is 0 Å². The normalized spacial score (nSPS) is 32.3. The van der Waals surface area contributed by atoms with Crippen molar-refractivity contribution in [3.8, 4) is 0 Å². The van der Waals surface area contributed by atoms with Crippen LogP contribution in [-0.2, 0) is 6.42 Å². The molecule has 2 aliphatic rings. The monoisotopic (exact) mass is 432 g/mol. The number of hydrazine groups is 1. The SMILES string of the molecule is CC(C)C1NN(C)C(C)N1C(C)CC1CC(C)C(C)N1C(O)(O)CCc1ccccc1. The van der Waals surface area contributed by atoms with Gasteiger partial charge in [-0.1, -0.05) is 51.1 Å². The van der Waals surface area contributed by atoms with Crippen molar-refractivity contribution in [3.05, 3.63) is 35.9 Å². The maximum absolute atomic E-state index is 11.2. The minimum Gasteiger partial charge on any atom is -0.353 e. The Labute approximate surface area is 189 Å². The predicted molar refractivity (Wildman–Crippen MR) is 126 cm³/mol. The molecule has 6 nitrogen and oxygen atoms in total. The number of nitrogens with one attached hydrogen (secondary N) is 1. The Morgan fingerprint density at radius 3 is 2.35 bits per heavy atom. The van der Waals surface area contributed by atoms with Crippen LogP contribution in [0, 0.1) is 11.8 Å². The van der Waals surface area contributed by atoms with Crippen molar-refractivity contribution in [2.45, 2.75) is 104 Å². The average Bonchev–Trinajstić information content (AvgIpc) is 3.17. The van der Waals surface area contributed by atoms with E-state index >= 15 is 0 Å². The first kappa shape index (κ1) is 24.6. The van der Waals surface area contributed by atoms with E-state index < -0.39 is 5.91 Å². The summed E-state index contributed by atoms with van der Waals surface area (Å²) in [5.74, 6) is -0.869. The second-order valence-electron chi connectivity index (χ2n) is 10.4. The minimum absolute atomic E-state index is 0.140. The molecule has 0 saturated carbocycles. The summed E-state index contributed by atoms with van der Waals surface area (Å²) in [5, 5.41) is 24.6. The summed E-state index contributed by atoms with van der Waals surface area (Å²) < 4.78 is 0. The van der Waals surface area contributed by atoms with Gasteiger partial charge >= 0.3 is 0 Å². The summed E-state index contributed by atoms with van der Waals surface area (Å²) in [6.07, 6.45) is 3.49. The van der Waals surface area contributed by atoms with Gasteiger partial charge in [0, 0.05) is 31.6 Å². The van der Waals surface area contributed by atoms with Crippen molar-refractivity contribution in [1.82, 2.24) is 20.2 Å². The molecule has 1 aromatic carbocycles. The molecule has 2 fully saturated rings. The van der Waals surface area contributed by atoms with E-state index in [0.29, 0.717) is 43.1 Å². The van der Waals surface area contributed by atoms with E-state index in [4.69, 9.17) is 0 Å². The molecule has 0 bridgehead atoms. The third-order valence-corrected chi connectivity index (χ3v) is 7.71. The van der Waals surface area contributed by atoms with Crippen molar-refractivity contribution < 1.29 is 10.2 Å². The molecule has 176 valence electrons. The summed E-state index contributed by atoms with van der Waals surface area (Å²) in [7, 11) is 2.11. The lowest BCUT2D eigenvalue weighted by Gasteiger charge is -2.42. The molecular weight excluding hydrogens is 388 g/mol. The van der Waals surface area contributed by atoms with E-state index in [2.05, 4.69) is 76.1 Å². The Morgan fingerprint density at radius 2 is 1.74 bits per heavy atom. The molecule has 0 aliphatic carbocycles. The maximum atomic E-state index is 11.2. The number of aryl methyl sites for hydroxylation is 1. The third kappa shape index (κ3) is 5.32. The molecule has 6 unspecified atom stereocenters. The molecule has 0 spiro atoms. The smallest absolute Gasteiger partial charge is 0.225 e. The highest BCUT2D eigenvalue weighted by atomic mass is 16.5. The highest BCUT2D eigenvalue weighted by Crippen LogP contribution is 2.39. The van der Waals surface area contributed by atoms with Crippen LogP contribution < -0.4 is 5.43 Å². The molecule has 3 rings (SSSR count). The number of rotatable bonds is 8. The molecule has 31 heavy (non-hydrogen) atoms. The molecule has 0 aromatic heterocycles. The summed E-state index contributed by atoms with van der Waals surface area (Å²) in [6, 6.07) is 10.7. The van der Waals surface area contributed by atoms with Gasteiger partial charge in [0.25, 0.3) is 0 Å². The van der Waals surface area contributed by atoms with Crippen LogP contribution >= 0.6 is 0 Å². The van der Waals surface area contributed by atoms with Crippen molar-refractivity contribution in [2.75, 3.05) is 7.05 Å². The number of likely N-dealkylation sites (tertiary alicyclic amines) is 1. The fourth-order valence-electron chi connectivity index (χ4n) is 5.73. The van der Waals surface area contributed by atoms with E-state index in [9.17, 15) is 10.2 Å². The molecule has 3 N–H and O–H groups in total. The lowest BCUT2D eigenvalue weighted by Crippen LogP contribution is -2.56. The average molecular weight is 433 g/mol. The number of nitrogens with zero attached hydrogens (tertiary/aromatic N) is 3. The Balaban J connectivity index is 1.73. The second-order valence-corrected chi connectivity index (χ2v) is 10.4. The van der Waals surface area contributed by atoms with Crippen molar-refractivity contribution in [1.29, 1.82) is 0 Å². The molecule has 0 amide bonds. The molecular formula is C25H44N4O2. The predicted octanol–water partition coefficient (Wildman–Crippen LogP) is 3.22. The van der Waals surface area contributed by atoms with Crippen LogP contribution in [0.3, 0.4) is 0 Å². The van der Waals surface area contributed by atoms with E-state index in [0.717, 1.165) is 18.4 Å². The van der Waals surface area contributed by atoms with Crippen LogP contribution in [0.1, 0.15) is 66.4 Å². The summed E-state index contributed by atoms with van der Waals surface area (Å²) in [5.41, 5.74) is 4.74. The van der Waals surface area contributed by atoms with E-state index in [1.54, 1.807) is 0 Å². The van der Waals surface area contributed by atoms with E-state index in [1.165, 1.54) is 0 Å². The Hall–Kier alpha value is -1.02. The first-order valence-electron chi connectivity index (χ1n) is 12.1. The molecule has 1 aromatic rings. The summed E-state index contributed by atoms with van der Waals surface area (Å²) in [4.78, 5) is 4.55. The summed E-state index contributed by atoms with van der Waals surface area (Å²) >= 11 is 0. The van der Waals surface area contributed by atoms with Gasteiger partial charge in [0.2, 0.25) is 5.91 Å². The minimum atomic E-state index is -1.80. The van der Waals surface area contributed by atoms with Crippen molar-refractivity contribution >= 4 is 0 Å². The lowest BCUT2D eigenvalue weighted by atomic mass is 9.98. The van der Waals surface area contributed by atoms with Crippen LogP contribution in [0.15, 0.2) is 30.3 Å². The van der Waals surface area contributed by atoms with Gasteiger partial charge in [-0.15, -0.1) is 0 Å². The number of benzene rings is 1. The van der Waals surface area contributed by atoms with Crippen LogP contribution in [0.5, 0.6) is 0 Å². The fraction of sp³-hybridized carbons (Fsp3) is 0.760. The van der Waals surface area contributed by atoms with Gasteiger partial charge in [0.1, 0.15) is 0 Å². The van der Waals surface area contributed by atoms with Crippen LogP contribution in [-0.4, -0.2) is 68.4 Å². The molecule has 6 heteroatoms. The molecule has 0 radical (unpaired) electrons. The van der Waals surface area contributed by atoms with E-state index in [1.807, 2.05) is 23.1 Å². The first-order valence-corrected chi connectivity index (χ1v) is 12.1. The van der Waals surface area contributed by atoms with Crippen molar-refractivity contribution in [3.63, 3.8) is 0 Å². The first-order chi connectivity index (χ1) is 14.5. The topological polar surface area (TPSA) is 62.2 Å². The zero-order chi connectivity index (χ0) is 22.9. The number of hydrogen-bond acceptors (Lipinski definition) is 6. The van der Waals surface area contributed by atoms with Gasteiger partial charge in [0.05, 0.1) is 12.3 Å². The highest BCUT2D eigenvalue weighted by Gasteiger charge is 2.48. The Bertz CT molecular complexity index is 698. The zero-order valence-electron chi connectivity index (χ0n) is 20.5. The Morgan fingerprint density at radius 1 is 1.10 bits per heavy atom. The van der Waals surface area contributed by atoms with Crippen molar-refractivity contribution in [2.24, 2.45) is 11.8 Å². The number of hydrogen-bond donors (Lipinski definition) is 3.